The van der Waals surface area contributed by atoms with Crippen molar-refractivity contribution < 1.29 is 19.3 Å². The number of anilines is 1. The third-order valence-electron chi connectivity index (χ3n) is 5.90. The van der Waals surface area contributed by atoms with E-state index >= 15 is 0 Å². The van der Waals surface area contributed by atoms with Crippen molar-refractivity contribution >= 4 is 29.2 Å². The molecule has 0 aliphatic carbocycles. The van der Waals surface area contributed by atoms with Crippen LogP contribution < -0.4 is 10.2 Å². The Labute approximate surface area is 178 Å². The largest absolute Gasteiger partial charge is 0.366 e. The maximum atomic E-state index is 13.7. The molecule has 0 unspecified atom stereocenters. The Bertz CT molecular complexity index is 1120. The van der Waals surface area contributed by atoms with Crippen LogP contribution in [0.15, 0.2) is 61.2 Å². The molecule has 0 radical (unpaired) electrons. The molecule has 1 fully saturated rings. The molecule has 0 saturated carbocycles. The van der Waals surface area contributed by atoms with Gasteiger partial charge in [0.05, 0.1) is 11.0 Å². The highest BCUT2D eigenvalue weighted by molar-refractivity contribution is 6.20. The maximum Gasteiger partial charge on any atom is 0.331 e. The Hall–Kier alpha value is -4.01. The second kappa shape index (κ2) is 7.35. The lowest BCUT2D eigenvalue weighted by Gasteiger charge is -2.50. The Morgan fingerprint density at radius 2 is 1.94 bits per heavy atom. The molecule has 4 amide bonds. The van der Waals surface area contributed by atoms with Crippen LogP contribution in [0.4, 0.5) is 16.2 Å². The SMILES string of the molecule is C=CCN1C(=O)NC(=O)[C@]2(Cc3cc([N+](=O)[O-])ccc3N(C)[C@H]2c2ccccc2)C1=O. The quantitative estimate of drug-likeness (QED) is 0.352. The lowest BCUT2D eigenvalue weighted by Crippen LogP contribution is -2.69. The number of barbiturate groups is 1. The van der Waals surface area contributed by atoms with Gasteiger partial charge in [0.1, 0.15) is 0 Å². The van der Waals surface area contributed by atoms with Gasteiger partial charge in [0, 0.05) is 37.8 Å². The minimum Gasteiger partial charge on any atom is -0.366 e. The molecule has 31 heavy (non-hydrogen) atoms. The Morgan fingerprint density at radius 3 is 2.58 bits per heavy atom. The molecule has 2 atom stereocenters. The number of carbonyl (C=O) groups is 3. The highest BCUT2D eigenvalue weighted by Crippen LogP contribution is 2.51. The van der Waals surface area contributed by atoms with E-state index in [9.17, 15) is 24.5 Å². The van der Waals surface area contributed by atoms with Crippen molar-refractivity contribution in [2.75, 3.05) is 18.5 Å². The number of amides is 4. The number of nitrogens with zero attached hydrogens (tertiary/aromatic N) is 3. The van der Waals surface area contributed by atoms with Gasteiger partial charge in [0.2, 0.25) is 11.8 Å². The molecule has 0 aromatic heterocycles. The van der Waals surface area contributed by atoms with Crippen molar-refractivity contribution in [3.05, 3.63) is 82.4 Å². The normalized spacial score (nSPS) is 22.9. The topological polar surface area (TPSA) is 113 Å². The summed E-state index contributed by atoms with van der Waals surface area (Å²) in [4.78, 5) is 52.9. The predicted octanol–water partition coefficient (Wildman–Crippen LogP) is 2.58. The van der Waals surface area contributed by atoms with Gasteiger partial charge in [-0.15, -0.1) is 6.58 Å². The van der Waals surface area contributed by atoms with Crippen LogP contribution in [0.1, 0.15) is 17.2 Å². The fraction of sp³-hybridized carbons (Fsp3) is 0.227. The first kappa shape index (κ1) is 20.3. The first-order valence-electron chi connectivity index (χ1n) is 9.64. The number of carbonyl (C=O) groups excluding carboxylic acids is 3. The minimum absolute atomic E-state index is 0.0628. The summed E-state index contributed by atoms with van der Waals surface area (Å²) in [5.74, 6) is -1.38. The van der Waals surface area contributed by atoms with Crippen LogP contribution in [-0.4, -0.2) is 41.3 Å². The van der Waals surface area contributed by atoms with Crippen LogP contribution in [0.2, 0.25) is 0 Å². The van der Waals surface area contributed by atoms with E-state index in [0.29, 0.717) is 16.8 Å². The van der Waals surface area contributed by atoms with Crippen molar-refractivity contribution in [1.29, 1.82) is 0 Å². The van der Waals surface area contributed by atoms with E-state index in [2.05, 4.69) is 11.9 Å². The molecule has 2 aliphatic heterocycles. The molecule has 1 spiro atoms. The van der Waals surface area contributed by atoms with Crippen molar-refractivity contribution in [3.63, 3.8) is 0 Å². The smallest absolute Gasteiger partial charge is 0.331 e. The number of nitro benzene ring substituents is 1. The first-order chi connectivity index (χ1) is 14.8. The monoisotopic (exact) mass is 420 g/mol. The number of non-ortho nitro benzene ring substituents is 1. The molecular formula is C22H20N4O5. The van der Waals surface area contributed by atoms with E-state index in [4.69, 9.17) is 0 Å². The van der Waals surface area contributed by atoms with Crippen LogP contribution in [0.25, 0.3) is 0 Å². The highest BCUT2D eigenvalue weighted by Gasteiger charge is 2.62. The first-order valence-corrected chi connectivity index (χ1v) is 9.64. The average Bonchev–Trinajstić information content (AvgIpc) is 2.75. The maximum absolute atomic E-state index is 13.7. The lowest BCUT2D eigenvalue weighted by molar-refractivity contribution is -0.384. The minimum atomic E-state index is -1.69. The van der Waals surface area contributed by atoms with Crippen molar-refractivity contribution in [3.8, 4) is 0 Å². The summed E-state index contributed by atoms with van der Waals surface area (Å²) in [7, 11) is 1.73. The number of hydrogen-bond acceptors (Lipinski definition) is 6. The molecule has 1 N–H and O–H groups in total. The summed E-state index contributed by atoms with van der Waals surface area (Å²) < 4.78 is 0. The van der Waals surface area contributed by atoms with Crippen LogP contribution in [0, 0.1) is 15.5 Å². The van der Waals surface area contributed by atoms with E-state index in [0.717, 1.165) is 4.90 Å². The summed E-state index contributed by atoms with van der Waals surface area (Å²) in [5.41, 5.74) is 0.0570. The van der Waals surface area contributed by atoms with Crippen LogP contribution in [0.3, 0.4) is 0 Å². The van der Waals surface area contributed by atoms with Crippen LogP contribution in [0.5, 0.6) is 0 Å². The van der Waals surface area contributed by atoms with Gasteiger partial charge in [-0.25, -0.2) is 4.79 Å². The number of benzene rings is 2. The van der Waals surface area contributed by atoms with E-state index in [-0.39, 0.29) is 18.7 Å². The van der Waals surface area contributed by atoms with Gasteiger partial charge in [0.15, 0.2) is 5.41 Å². The van der Waals surface area contributed by atoms with Crippen LogP contribution >= 0.6 is 0 Å². The van der Waals surface area contributed by atoms with Gasteiger partial charge < -0.3 is 4.90 Å². The van der Waals surface area contributed by atoms with Gasteiger partial charge in [-0.1, -0.05) is 36.4 Å². The summed E-state index contributed by atoms with van der Waals surface area (Å²) in [6, 6.07) is 11.9. The molecule has 2 aromatic rings. The average molecular weight is 420 g/mol. The number of nitro groups is 1. The zero-order valence-corrected chi connectivity index (χ0v) is 16.8. The molecule has 9 nitrogen and oxygen atoms in total. The van der Waals surface area contributed by atoms with E-state index in [1.807, 2.05) is 18.2 Å². The lowest BCUT2D eigenvalue weighted by atomic mass is 9.66. The van der Waals surface area contributed by atoms with Gasteiger partial charge in [-0.05, 0) is 17.2 Å². The summed E-state index contributed by atoms with van der Waals surface area (Å²) in [5, 5.41) is 13.6. The van der Waals surface area contributed by atoms with Gasteiger partial charge >= 0.3 is 6.03 Å². The molecular weight excluding hydrogens is 400 g/mol. The standard InChI is InChI=1S/C22H20N4O5/c1-3-11-25-20(28)22(19(27)23-21(25)29)13-15-12-16(26(30)31)9-10-17(15)24(2)18(22)14-7-5-4-6-8-14/h3-10,12,18H,1,11,13H2,2H3,(H,23,27,29)/t18-,22+/m0/s1. The predicted molar refractivity (Wildman–Crippen MR) is 112 cm³/mol. The van der Waals surface area contributed by atoms with E-state index in [1.165, 1.54) is 18.2 Å². The third-order valence-corrected chi connectivity index (χ3v) is 5.90. The Kier molecular flexibility index (Phi) is 4.81. The van der Waals surface area contributed by atoms with E-state index in [1.54, 1.807) is 30.1 Å². The number of urea groups is 1. The number of hydrogen-bond donors (Lipinski definition) is 1. The van der Waals surface area contributed by atoms with Crippen molar-refractivity contribution in [2.24, 2.45) is 5.41 Å². The fourth-order valence-electron chi connectivity index (χ4n) is 4.58. The second-order valence-corrected chi connectivity index (χ2v) is 7.61. The van der Waals surface area contributed by atoms with Crippen LogP contribution in [-0.2, 0) is 16.0 Å². The Morgan fingerprint density at radius 1 is 1.23 bits per heavy atom. The summed E-state index contributed by atoms with van der Waals surface area (Å²) >= 11 is 0. The Balaban J connectivity index is 1.96. The summed E-state index contributed by atoms with van der Waals surface area (Å²) in [6.07, 6.45) is 1.32. The molecule has 2 aliphatic rings. The zero-order chi connectivity index (χ0) is 22.3. The zero-order valence-electron chi connectivity index (χ0n) is 16.8. The molecule has 2 aromatic carbocycles. The number of imide groups is 2. The number of nitrogens with one attached hydrogen (secondary N) is 1. The molecule has 1 saturated heterocycles. The van der Waals surface area contributed by atoms with Crippen molar-refractivity contribution in [2.45, 2.75) is 12.5 Å². The van der Waals surface area contributed by atoms with Gasteiger partial charge in [0.25, 0.3) is 5.69 Å². The molecule has 2 heterocycles. The molecule has 9 heteroatoms. The number of fused-ring (bicyclic) bond motifs is 1. The number of rotatable bonds is 4. The summed E-state index contributed by atoms with van der Waals surface area (Å²) in [6.45, 7) is 3.53. The molecule has 4 rings (SSSR count). The molecule has 0 bridgehead atoms. The van der Waals surface area contributed by atoms with Gasteiger partial charge in [-0.3, -0.25) is 29.9 Å². The van der Waals surface area contributed by atoms with Gasteiger partial charge in [-0.2, -0.15) is 0 Å². The second-order valence-electron chi connectivity index (χ2n) is 7.61. The highest BCUT2D eigenvalue weighted by atomic mass is 16.6. The molecule has 158 valence electrons. The third kappa shape index (κ3) is 2.97. The van der Waals surface area contributed by atoms with Crippen molar-refractivity contribution in [1.82, 2.24) is 10.2 Å². The fourth-order valence-corrected chi connectivity index (χ4v) is 4.58. The van der Waals surface area contributed by atoms with E-state index < -0.39 is 34.2 Å².